The van der Waals surface area contributed by atoms with Gasteiger partial charge in [-0.3, -0.25) is 4.99 Å². The first-order valence-electron chi connectivity index (χ1n) is 12.5. The number of piperazine rings is 1. The van der Waals surface area contributed by atoms with Crippen LogP contribution >= 0.6 is 0 Å². The molecule has 2 saturated heterocycles. The normalized spacial score (nSPS) is 18.0. The molecule has 15 heteroatoms. The number of aliphatic carboxylic acids is 1. The molecule has 2 aromatic rings. The first-order chi connectivity index (χ1) is 19.2. The number of rotatable bonds is 5. The van der Waals surface area contributed by atoms with Gasteiger partial charge in [-0.1, -0.05) is 12.1 Å². The van der Waals surface area contributed by atoms with Gasteiger partial charge in [-0.05, 0) is 49.2 Å². The Morgan fingerprint density at radius 3 is 2.20 bits per heavy atom. The average Bonchev–Trinajstić information content (AvgIpc) is 3.44. The van der Waals surface area contributed by atoms with Crippen molar-refractivity contribution in [3.63, 3.8) is 0 Å². The van der Waals surface area contributed by atoms with Crippen molar-refractivity contribution in [1.82, 2.24) is 4.90 Å². The number of nitrogens with one attached hydrogen (secondary N) is 1. The predicted molar refractivity (Wildman–Crippen MR) is 137 cm³/mol. The Kier molecular flexibility index (Phi) is 10.4. The average molecular weight is 591 g/mol. The van der Waals surface area contributed by atoms with E-state index in [9.17, 15) is 36.2 Å². The first kappa shape index (κ1) is 31.5. The Morgan fingerprint density at radius 1 is 0.976 bits per heavy atom. The predicted octanol–water partition coefficient (Wildman–Crippen LogP) is 4.81. The molecule has 4 rings (SSSR count). The maximum atomic E-state index is 13.1. The fraction of sp³-hybridized carbons (Fsp3) is 0.423. The summed E-state index contributed by atoms with van der Waals surface area (Å²) in [7, 11) is 0. The number of aliphatic imine (C=N–C) groups is 1. The number of aromatic carboxylic acids is 1. The molecule has 2 heterocycles. The quantitative estimate of drug-likeness (QED) is 0.259. The van der Waals surface area contributed by atoms with Gasteiger partial charge in [-0.25, -0.2) is 9.59 Å². The molecule has 3 N–H and O–H groups in total. The highest BCUT2D eigenvalue weighted by Gasteiger charge is 2.38. The van der Waals surface area contributed by atoms with Crippen molar-refractivity contribution in [2.24, 2.45) is 4.99 Å². The van der Waals surface area contributed by atoms with Crippen molar-refractivity contribution in [2.75, 3.05) is 49.5 Å². The van der Waals surface area contributed by atoms with Crippen molar-refractivity contribution in [3.05, 3.63) is 59.7 Å². The molecule has 0 amide bonds. The summed E-state index contributed by atoms with van der Waals surface area (Å²) >= 11 is 0. The Bertz CT molecular complexity index is 1220. The third-order valence-corrected chi connectivity index (χ3v) is 6.19. The van der Waals surface area contributed by atoms with Crippen molar-refractivity contribution >= 4 is 29.3 Å². The number of halogens is 6. The highest BCUT2D eigenvalue weighted by atomic mass is 19.4. The number of benzene rings is 2. The molecule has 0 radical (unpaired) electrons. The van der Waals surface area contributed by atoms with Gasteiger partial charge in [0.2, 0.25) is 0 Å². The lowest BCUT2D eigenvalue weighted by Gasteiger charge is -2.38. The molecular formula is C26H28F6N4O5. The van der Waals surface area contributed by atoms with E-state index in [1.807, 2.05) is 9.80 Å². The number of anilines is 2. The van der Waals surface area contributed by atoms with Crippen molar-refractivity contribution in [3.8, 4) is 0 Å². The van der Waals surface area contributed by atoms with Gasteiger partial charge in [0.05, 0.1) is 23.8 Å². The maximum absolute atomic E-state index is 13.1. The summed E-state index contributed by atoms with van der Waals surface area (Å²) in [5, 5.41) is 19.7. The topological polar surface area (TPSA) is 115 Å². The van der Waals surface area contributed by atoms with Crippen LogP contribution in [0.25, 0.3) is 0 Å². The molecule has 1 atom stereocenters. The number of ether oxygens (including phenoxy) is 1. The smallest absolute Gasteiger partial charge is 0.478 e. The summed E-state index contributed by atoms with van der Waals surface area (Å²) < 4.78 is 76.7. The maximum Gasteiger partial charge on any atom is 0.490 e. The monoisotopic (exact) mass is 590 g/mol. The zero-order chi connectivity index (χ0) is 30.2. The van der Waals surface area contributed by atoms with Gasteiger partial charge in [-0.2, -0.15) is 26.3 Å². The Balaban J connectivity index is 0.000000587. The summed E-state index contributed by atoms with van der Waals surface area (Å²) in [6.07, 6.45) is -7.48. The Morgan fingerprint density at radius 2 is 1.63 bits per heavy atom. The molecule has 0 spiro atoms. The number of hydrogen-bond acceptors (Lipinski definition) is 5. The van der Waals surface area contributed by atoms with E-state index in [1.165, 1.54) is 18.2 Å². The van der Waals surface area contributed by atoms with E-state index in [2.05, 4.69) is 5.32 Å². The second kappa shape index (κ2) is 13.6. The standard InChI is InChI=1S/C24H27F3N4O3.C2HF3O2/c25-24(26,27)18-5-2-7-20(15-18)30-9-11-31(12-10-30)23(28-16-21-8-3-13-34-21)29-19-6-1-4-17(14-19)22(32)33;3-2(4,5)1(6)7/h1-2,4-7,14-15,21H,3,8-13,16H2,(H,28,29)(H,32,33);(H,6,7). The molecule has 41 heavy (non-hydrogen) atoms. The van der Waals surface area contributed by atoms with Crippen LogP contribution in [0.3, 0.4) is 0 Å². The largest absolute Gasteiger partial charge is 0.490 e. The minimum Gasteiger partial charge on any atom is -0.478 e. The van der Waals surface area contributed by atoms with Crippen molar-refractivity contribution in [1.29, 1.82) is 0 Å². The summed E-state index contributed by atoms with van der Waals surface area (Å²) in [6.45, 7) is 3.35. The van der Waals surface area contributed by atoms with Crippen LogP contribution in [0.1, 0.15) is 28.8 Å². The molecular weight excluding hydrogens is 562 g/mol. The summed E-state index contributed by atoms with van der Waals surface area (Å²) in [6, 6.07) is 11.9. The number of carboxylic acids is 2. The number of guanidine groups is 1. The number of hydrogen-bond donors (Lipinski definition) is 3. The van der Waals surface area contributed by atoms with Crippen LogP contribution in [0.15, 0.2) is 53.5 Å². The van der Waals surface area contributed by atoms with Crippen LogP contribution in [0.4, 0.5) is 37.7 Å². The minimum atomic E-state index is -5.08. The number of alkyl halides is 6. The number of carbonyl (C=O) groups is 2. The molecule has 2 fully saturated rings. The van der Waals surface area contributed by atoms with Gasteiger partial charge >= 0.3 is 24.3 Å². The van der Waals surface area contributed by atoms with Crippen molar-refractivity contribution in [2.45, 2.75) is 31.3 Å². The Labute approximate surface area is 231 Å². The first-order valence-corrected chi connectivity index (χ1v) is 12.5. The summed E-state index contributed by atoms with van der Waals surface area (Å²) in [5.74, 6) is -3.18. The summed E-state index contributed by atoms with van der Waals surface area (Å²) in [5.41, 5.74) is 0.643. The molecule has 0 aliphatic carbocycles. The van der Waals surface area contributed by atoms with E-state index in [-0.39, 0.29) is 11.7 Å². The van der Waals surface area contributed by atoms with Crippen LogP contribution in [0.2, 0.25) is 0 Å². The van der Waals surface area contributed by atoms with E-state index in [0.717, 1.165) is 25.5 Å². The van der Waals surface area contributed by atoms with E-state index in [1.54, 1.807) is 24.3 Å². The lowest BCUT2D eigenvalue weighted by atomic mass is 10.1. The lowest BCUT2D eigenvalue weighted by molar-refractivity contribution is -0.192. The Hall–Kier alpha value is -4.01. The molecule has 9 nitrogen and oxygen atoms in total. The third kappa shape index (κ3) is 9.55. The highest BCUT2D eigenvalue weighted by Crippen LogP contribution is 2.32. The van der Waals surface area contributed by atoms with Crippen LogP contribution in [0.5, 0.6) is 0 Å². The molecule has 2 aromatic carbocycles. The van der Waals surface area contributed by atoms with Gasteiger partial charge in [0, 0.05) is 44.2 Å². The molecule has 0 bridgehead atoms. The van der Waals surface area contributed by atoms with Crippen LogP contribution in [-0.2, 0) is 15.7 Å². The van der Waals surface area contributed by atoms with E-state index in [0.29, 0.717) is 50.1 Å². The summed E-state index contributed by atoms with van der Waals surface area (Å²) in [4.78, 5) is 28.9. The van der Waals surface area contributed by atoms with Gasteiger partial charge in [0.15, 0.2) is 5.96 Å². The van der Waals surface area contributed by atoms with E-state index in [4.69, 9.17) is 19.6 Å². The molecule has 2 aliphatic rings. The fourth-order valence-corrected chi connectivity index (χ4v) is 4.11. The second-order valence-corrected chi connectivity index (χ2v) is 9.14. The highest BCUT2D eigenvalue weighted by molar-refractivity contribution is 5.96. The zero-order valence-corrected chi connectivity index (χ0v) is 21.6. The molecule has 2 aliphatic heterocycles. The SMILES string of the molecule is O=C(O)C(F)(F)F.O=C(O)c1cccc(NC(=NCC2CCCO2)N2CCN(c3cccc(C(F)(F)F)c3)CC2)c1. The second-order valence-electron chi connectivity index (χ2n) is 9.14. The van der Waals surface area contributed by atoms with Gasteiger partial charge < -0.3 is 30.1 Å². The van der Waals surface area contributed by atoms with Gasteiger partial charge in [-0.15, -0.1) is 0 Å². The van der Waals surface area contributed by atoms with Crippen LogP contribution in [0, 0.1) is 0 Å². The third-order valence-electron chi connectivity index (χ3n) is 6.19. The molecule has 0 saturated carbocycles. The lowest BCUT2D eigenvalue weighted by Crippen LogP contribution is -2.51. The van der Waals surface area contributed by atoms with Crippen molar-refractivity contribution < 1.29 is 50.9 Å². The molecule has 224 valence electrons. The number of nitrogens with zero attached hydrogens (tertiary/aromatic N) is 3. The van der Waals surface area contributed by atoms with E-state index >= 15 is 0 Å². The van der Waals surface area contributed by atoms with Crippen LogP contribution < -0.4 is 10.2 Å². The molecule has 1 unspecified atom stereocenters. The van der Waals surface area contributed by atoms with Crippen LogP contribution in [-0.4, -0.2) is 84.6 Å². The van der Waals surface area contributed by atoms with E-state index < -0.39 is 29.9 Å². The zero-order valence-electron chi connectivity index (χ0n) is 21.6. The fourth-order valence-electron chi connectivity index (χ4n) is 4.11. The van der Waals surface area contributed by atoms with Gasteiger partial charge in [0.1, 0.15) is 0 Å². The molecule has 0 aromatic heterocycles. The minimum absolute atomic E-state index is 0.0496. The van der Waals surface area contributed by atoms with Gasteiger partial charge in [0.25, 0.3) is 0 Å². The number of carboxylic acid groups (broad SMARTS) is 2.